The lowest BCUT2D eigenvalue weighted by Crippen LogP contribution is -2.14. The maximum Gasteiger partial charge on any atom is 0.261 e. The fraction of sp³-hybridized carbons (Fsp3) is 0.143. The van der Waals surface area contributed by atoms with E-state index < -0.39 is 15.8 Å². The molecule has 3 N–H and O–H groups in total. The zero-order valence-corrected chi connectivity index (χ0v) is 11.7. The van der Waals surface area contributed by atoms with Gasteiger partial charge in [-0.25, -0.2) is 12.8 Å². The third-order valence-corrected chi connectivity index (χ3v) is 4.28. The smallest absolute Gasteiger partial charge is 0.261 e. The van der Waals surface area contributed by atoms with Crippen molar-refractivity contribution in [2.24, 2.45) is 5.73 Å². The second-order valence-corrected chi connectivity index (χ2v) is 6.10. The number of rotatable bonds is 4. The van der Waals surface area contributed by atoms with Crippen LogP contribution in [0.5, 0.6) is 0 Å². The van der Waals surface area contributed by atoms with E-state index in [4.69, 9.17) is 5.73 Å². The molecule has 6 heteroatoms. The van der Waals surface area contributed by atoms with Gasteiger partial charge in [0.05, 0.1) is 10.6 Å². The highest BCUT2D eigenvalue weighted by Crippen LogP contribution is 2.20. The molecule has 2 aromatic rings. The summed E-state index contributed by atoms with van der Waals surface area (Å²) in [4.78, 5) is 0.137. The molecule has 0 aliphatic heterocycles. The van der Waals surface area contributed by atoms with E-state index in [1.54, 1.807) is 19.1 Å². The first-order valence-corrected chi connectivity index (χ1v) is 7.48. The van der Waals surface area contributed by atoms with Gasteiger partial charge in [0.1, 0.15) is 5.82 Å². The highest BCUT2D eigenvalue weighted by molar-refractivity contribution is 7.92. The van der Waals surface area contributed by atoms with Crippen LogP contribution in [0.25, 0.3) is 0 Å². The number of hydrogen-bond donors (Lipinski definition) is 2. The van der Waals surface area contributed by atoms with Crippen LogP contribution in [0.1, 0.15) is 11.1 Å². The molecule has 0 saturated carbocycles. The summed E-state index contributed by atoms with van der Waals surface area (Å²) >= 11 is 0. The molecule has 0 radical (unpaired) electrons. The average molecular weight is 294 g/mol. The Kier molecular flexibility index (Phi) is 4.06. The molecule has 2 rings (SSSR count). The lowest BCUT2D eigenvalue weighted by Gasteiger charge is -2.11. The van der Waals surface area contributed by atoms with E-state index in [1.165, 1.54) is 30.3 Å². The Labute approximate surface area is 117 Å². The number of halogens is 1. The topological polar surface area (TPSA) is 72.2 Å². The van der Waals surface area contributed by atoms with Gasteiger partial charge in [-0.1, -0.05) is 12.1 Å². The third-order valence-electron chi connectivity index (χ3n) is 2.90. The van der Waals surface area contributed by atoms with Crippen LogP contribution in [0, 0.1) is 12.7 Å². The summed E-state index contributed by atoms with van der Waals surface area (Å²) in [6.45, 7) is 1.99. The first kappa shape index (κ1) is 14.5. The van der Waals surface area contributed by atoms with E-state index in [0.717, 1.165) is 5.56 Å². The summed E-state index contributed by atoms with van der Waals surface area (Å²) < 4.78 is 39.8. The Morgan fingerprint density at radius 3 is 2.35 bits per heavy atom. The van der Waals surface area contributed by atoms with Crippen molar-refractivity contribution in [2.45, 2.75) is 18.4 Å². The highest BCUT2D eigenvalue weighted by Gasteiger charge is 2.15. The van der Waals surface area contributed by atoms with Crippen molar-refractivity contribution < 1.29 is 12.8 Å². The number of benzene rings is 2. The number of aryl methyl sites for hydroxylation is 1. The Bertz CT molecular complexity index is 712. The SMILES string of the molecule is Cc1cc(F)ccc1NS(=O)(=O)c1ccc(CN)cc1. The quantitative estimate of drug-likeness (QED) is 0.909. The van der Waals surface area contributed by atoms with Gasteiger partial charge in [0.2, 0.25) is 0 Å². The molecule has 0 aliphatic carbocycles. The normalized spacial score (nSPS) is 11.3. The molecule has 0 heterocycles. The number of nitrogens with two attached hydrogens (primary N) is 1. The number of hydrogen-bond acceptors (Lipinski definition) is 3. The molecule has 2 aromatic carbocycles. The Hall–Kier alpha value is -1.92. The molecule has 106 valence electrons. The van der Waals surface area contributed by atoms with Crippen LogP contribution in [0.2, 0.25) is 0 Å². The van der Waals surface area contributed by atoms with E-state index in [1.807, 2.05) is 0 Å². The summed E-state index contributed by atoms with van der Waals surface area (Å²) in [6, 6.07) is 10.2. The van der Waals surface area contributed by atoms with Crippen molar-refractivity contribution in [3.05, 3.63) is 59.4 Å². The summed E-state index contributed by atoms with van der Waals surface area (Å²) in [5.41, 5.74) is 7.19. The largest absolute Gasteiger partial charge is 0.326 e. The maximum absolute atomic E-state index is 13.0. The van der Waals surface area contributed by atoms with Crippen LogP contribution in [-0.4, -0.2) is 8.42 Å². The van der Waals surface area contributed by atoms with E-state index in [0.29, 0.717) is 17.8 Å². The second kappa shape index (κ2) is 5.60. The molecule has 0 bridgehead atoms. The van der Waals surface area contributed by atoms with Gasteiger partial charge >= 0.3 is 0 Å². The minimum absolute atomic E-state index is 0.137. The zero-order chi connectivity index (χ0) is 14.8. The van der Waals surface area contributed by atoms with Crippen LogP contribution in [-0.2, 0) is 16.6 Å². The highest BCUT2D eigenvalue weighted by atomic mass is 32.2. The molecule has 0 saturated heterocycles. The molecule has 0 unspecified atom stereocenters. The summed E-state index contributed by atoms with van der Waals surface area (Å²) in [7, 11) is -3.69. The van der Waals surface area contributed by atoms with Crippen LogP contribution >= 0.6 is 0 Å². The number of anilines is 1. The molecule has 0 atom stereocenters. The first-order chi connectivity index (χ1) is 9.42. The maximum atomic E-state index is 13.0. The van der Waals surface area contributed by atoms with Crippen molar-refractivity contribution in [3.8, 4) is 0 Å². The fourth-order valence-electron chi connectivity index (χ4n) is 1.75. The van der Waals surface area contributed by atoms with E-state index >= 15 is 0 Å². The molecular formula is C14H15FN2O2S. The lowest BCUT2D eigenvalue weighted by molar-refractivity contribution is 0.601. The molecule has 0 spiro atoms. The van der Waals surface area contributed by atoms with Crippen molar-refractivity contribution in [2.75, 3.05) is 4.72 Å². The van der Waals surface area contributed by atoms with Gasteiger partial charge in [-0.05, 0) is 48.4 Å². The molecule has 0 aromatic heterocycles. The van der Waals surface area contributed by atoms with E-state index in [9.17, 15) is 12.8 Å². The van der Waals surface area contributed by atoms with Crippen molar-refractivity contribution in [1.82, 2.24) is 0 Å². The Balaban J connectivity index is 2.30. The standard InChI is InChI=1S/C14H15FN2O2S/c1-10-8-12(15)4-7-14(10)17-20(18,19)13-5-2-11(9-16)3-6-13/h2-8,17H,9,16H2,1H3. The summed E-state index contributed by atoms with van der Waals surface area (Å²) in [5.74, 6) is -0.405. The van der Waals surface area contributed by atoms with Crippen LogP contribution in [0.4, 0.5) is 10.1 Å². The van der Waals surface area contributed by atoms with Gasteiger partial charge in [-0.3, -0.25) is 4.72 Å². The minimum Gasteiger partial charge on any atom is -0.326 e. The predicted molar refractivity (Wildman–Crippen MR) is 76.3 cm³/mol. The van der Waals surface area contributed by atoms with Gasteiger partial charge in [0, 0.05) is 6.54 Å². The fourth-order valence-corrected chi connectivity index (χ4v) is 2.88. The lowest BCUT2D eigenvalue weighted by atomic mass is 10.2. The van der Waals surface area contributed by atoms with Crippen molar-refractivity contribution in [1.29, 1.82) is 0 Å². The van der Waals surface area contributed by atoms with Crippen LogP contribution in [0.3, 0.4) is 0 Å². The average Bonchev–Trinajstić information content (AvgIpc) is 2.42. The van der Waals surface area contributed by atoms with E-state index in [2.05, 4.69) is 4.72 Å². The van der Waals surface area contributed by atoms with Gasteiger partial charge < -0.3 is 5.73 Å². The molecule has 4 nitrogen and oxygen atoms in total. The van der Waals surface area contributed by atoms with Crippen LogP contribution < -0.4 is 10.5 Å². The van der Waals surface area contributed by atoms with Crippen molar-refractivity contribution in [3.63, 3.8) is 0 Å². The first-order valence-electron chi connectivity index (χ1n) is 6.00. The molecule has 0 aliphatic rings. The Morgan fingerprint density at radius 1 is 1.15 bits per heavy atom. The van der Waals surface area contributed by atoms with Gasteiger partial charge in [-0.15, -0.1) is 0 Å². The molecule has 20 heavy (non-hydrogen) atoms. The second-order valence-electron chi connectivity index (χ2n) is 4.41. The molecule has 0 amide bonds. The summed E-state index contributed by atoms with van der Waals surface area (Å²) in [6.07, 6.45) is 0. The van der Waals surface area contributed by atoms with Gasteiger partial charge in [0.25, 0.3) is 10.0 Å². The third kappa shape index (κ3) is 3.15. The van der Waals surface area contributed by atoms with Crippen LogP contribution in [0.15, 0.2) is 47.4 Å². The molecular weight excluding hydrogens is 279 g/mol. The predicted octanol–water partition coefficient (Wildman–Crippen LogP) is 2.39. The summed E-state index contributed by atoms with van der Waals surface area (Å²) in [5, 5.41) is 0. The minimum atomic E-state index is -3.69. The van der Waals surface area contributed by atoms with E-state index in [-0.39, 0.29) is 4.90 Å². The van der Waals surface area contributed by atoms with Crippen molar-refractivity contribution >= 4 is 15.7 Å². The van der Waals surface area contributed by atoms with Gasteiger partial charge in [0.15, 0.2) is 0 Å². The zero-order valence-electron chi connectivity index (χ0n) is 10.9. The number of nitrogens with one attached hydrogen (secondary N) is 1. The Morgan fingerprint density at radius 2 is 1.80 bits per heavy atom. The monoisotopic (exact) mass is 294 g/mol. The molecule has 0 fully saturated rings. The van der Waals surface area contributed by atoms with Gasteiger partial charge in [-0.2, -0.15) is 0 Å². The number of sulfonamides is 1.